The van der Waals surface area contributed by atoms with Gasteiger partial charge in [0.2, 0.25) is 0 Å². The normalized spacial score (nSPS) is 12.2. The van der Waals surface area contributed by atoms with Crippen LogP contribution >= 0.6 is 0 Å². The number of nitrogens with one attached hydrogen (secondary N) is 2. The third-order valence-electron chi connectivity index (χ3n) is 3.79. The summed E-state index contributed by atoms with van der Waals surface area (Å²) in [6.07, 6.45) is 2.04. The number of carbonyl (C=O) groups is 2. The molecule has 1 unspecified atom stereocenters. The van der Waals surface area contributed by atoms with Gasteiger partial charge in [0.15, 0.2) is 0 Å². The van der Waals surface area contributed by atoms with E-state index >= 15 is 0 Å². The first kappa shape index (κ1) is 21.8. The van der Waals surface area contributed by atoms with Gasteiger partial charge in [-0.1, -0.05) is 19.1 Å². The molecule has 146 valence electrons. The lowest BCUT2D eigenvalue weighted by molar-refractivity contribution is 0.0526. The van der Waals surface area contributed by atoms with Crippen molar-refractivity contribution in [2.24, 2.45) is 0 Å². The van der Waals surface area contributed by atoms with Crippen molar-refractivity contribution in [3.05, 3.63) is 29.8 Å². The molecule has 0 spiro atoms. The Morgan fingerprint density at radius 2 is 1.73 bits per heavy atom. The largest absolute Gasteiger partial charge is 0.450 e. The molecule has 0 aliphatic heterocycles. The SMILES string of the molecule is CCOC(=O)Nc1ccc(C(CC)CCCNC(=O)OC(C)(C)C)cc1. The van der Waals surface area contributed by atoms with Crippen molar-refractivity contribution in [2.75, 3.05) is 18.5 Å². The van der Waals surface area contributed by atoms with E-state index < -0.39 is 11.7 Å². The number of benzene rings is 1. The van der Waals surface area contributed by atoms with Crippen LogP contribution in [-0.4, -0.2) is 30.9 Å². The van der Waals surface area contributed by atoms with Crippen LogP contribution in [0.2, 0.25) is 0 Å². The summed E-state index contributed by atoms with van der Waals surface area (Å²) in [6.45, 7) is 10.4. The van der Waals surface area contributed by atoms with Crippen LogP contribution in [0, 0.1) is 0 Å². The van der Waals surface area contributed by atoms with Crippen molar-refractivity contribution < 1.29 is 19.1 Å². The molecule has 0 radical (unpaired) electrons. The Morgan fingerprint density at radius 1 is 1.08 bits per heavy atom. The van der Waals surface area contributed by atoms with Crippen LogP contribution in [0.4, 0.5) is 15.3 Å². The van der Waals surface area contributed by atoms with Crippen LogP contribution in [0.15, 0.2) is 24.3 Å². The molecule has 6 nitrogen and oxygen atoms in total. The average Bonchev–Trinajstić information content (AvgIpc) is 2.54. The van der Waals surface area contributed by atoms with Crippen LogP contribution in [0.3, 0.4) is 0 Å². The molecule has 1 atom stereocenters. The van der Waals surface area contributed by atoms with E-state index in [1.165, 1.54) is 5.56 Å². The van der Waals surface area contributed by atoms with Gasteiger partial charge >= 0.3 is 12.2 Å². The second-order valence-corrected chi connectivity index (χ2v) is 7.14. The van der Waals surface area contributed by atoms with Gasteiger partial charge in [0, 0.05) is 12.2 Å². The Labute approximate surface area is 156 Å². The molecule has 0 bridgehead atoms. The van der Waals surface area contributed by atoms with E-state index in [0.29, 0.717) is 24.8 Å². The zero-order valence-electron chi connectivity index (χ0n) is 16.6. The average molecular weight is 364 g/mol. The maximum absolute atomic E-state index is 11.6. The Bertz CT molecular complexity index is 564. The topological polar surface area (TPSA) is 76.7 Å². The maximum atomic E-state index is 11.6. The van der Waals surface area contributed by atoms with E-state index in [1.807, 2.05) is 45.0 Å². The summed E-state index contributed by atoms with van der Waals surface area (Å²) >= 11 is 0. The van der Waals surface area contributed by atoms with Crippen molar-refractivity contribution in [1.29, 1.82) is 0 Å². The standard InChI is InChI=1S/C20H32N2O4/c1-6-15(9-8-14-21-18(23)26-20(3,4)5)16-10-12-17(13-11-16)22-19(24)25-7-2/h10-13,15H,6-9,14H2,1-5H3,(H,21,23)(H,22,24). The molecule has 0 heterocycles. The minimum atomic E-state index is -0.477. The summed E-state index contributed by atoms with van der Waals surface area (Å²) in [7, 11) is 0. The quantitative estimate of drug-likeness (QED) is 0.633. The van der Waals surface area contributed by atoms with Gasteiger partial charge < -0.3 is 14.8 Å². The van der Waals surface area contributed by atoms with Crippen LogP contribution in [-0.2, 0) is 9.47 Å². The molecule has 1 rings (SSSR count). The Kier molecular flexibility index (Phi) is 8.96. The molecule has 2 N–H and O–H groups in total. The smallest absolute Gasteiger partial charge is 0.411 e. The van der Waals surface area contributed by atoms with E-state index in [0.717, 1.165) is 19.3 Å². The molecule has 1 aromatic carbocycles. The summed E-state index contributed by atoms with van der Waals surface area (Å²) in [5, 5.41) is 5.48. The van der Waals surface area contributed by atoms with Crippen LogP contribution in [0.1, 0.15) is 65.4 Å². The van der Waals surface area contributed by atoms with E-state index in [-0.39, 0.29) is 6.09 Å². The van der Waals surface area contributed by atoms with Gasteiger partial charge in [0.1, 0.15) is 5.60 Å². The van der Waals surface area contributed by atoms with Gasteiger partial charge in [-0.15, -0.1) is 0 Å². The lowest BCUT2D eigenvalue weighted by atomic mass is 9.92. The maximum Gasteiger partial charge on any atom is 0.411 e. The van der Waals surface area contributed by atoms with Crippen LogP contribution in [0.5, 0.6) is 0 Å². The van der Waals surface area contributed by atoms with Crippen molar-refractivity contribution >= 4 is 17.9 Å². The molecule has 1 aromatic rings. The van der Waals surface area contributed by atoms with E-state index in [4.69, 9.17) is 9.47 Å². The molecular weight excluding hydrogens is 332 g/mol. The molecule has 2 amide bonds. The molecule has 0 aliphatic rings. The van der Waals surface area contributed by atoms with Gasteiger partial charge in [-0.05, 0) is 70.6 Å². The highest BCUT2D eigenvalue weighted by Gasteiger charge is 2.16. The highest BCUT2D eigenvalue weighted by molar-refractivity contribution is 5.84. The zero-order chi connectivity index (χ0) is 19.6. The monoisotopic (exact) mass is 364 g/mol. The molecule has 0 aromatic heterocycles. The number of anilines is 1. The lowest BCUT2D eigenvalue weighted by Gasteiger charge is -2.20. The van der Waals surface area contributed by atoms with E-state index in [2.05, 4.69) is 17.6 Å². The first-order valence-corrected chi connectivity index (χ1v) is 9.25. The number of ether oxygens (including phenoxy) is 2. The lowest BCUT2D eigenvalue weighted by Crippen LogP contribution is -2.33. The summed E-state index contributed by atoms with van der Waals surface area (Å²) < 4.78 is 10.1. The number of hydrogen-bond donors (Lipinski definition) is 2. The number of amides is 2. The minimum absolute atomic E-state index is 0.346. The summed E-state index contributed by atoms with van der Waals surface area (Å²) in [5.41, 5.74) is 1.46. The summed E-state index contributed by atoms with van der Waals surface area (Å²) in [4.78, 5) is 23.1. The predicted molar refractivity (Wildman–Crippen MR) is 104 cm³/mol. The van der Waals surface area contributed by atoms with Gasteiger partial charge in [0.25, 0.3) is 0 Å². The van der Waals surface area contributed by atoms with E-state index in [1.54, 1.807) is 6.92 Å². The first-order chi connectivity index (χ1) is 12.2. The Balaban J connectivity index is 2.43. The number of alkyl carbamates (subject to hydrolysis) is 1. The molecule has 0 saturated heterocycles. The summed E-state index contributed by atoms with van der Waals surface area (Å²) in [6, 6.07) is 7.82. The zero-order valence-corrected chi connectivity index (χ0v) is 16.6. The Morgan fingerprint density at radius 3 is 2.27 bits per heavy atom. The highest BCUT2D eigenvalue weighted by atomic mass is 16.6. The third-order valence-corrected chi connectivity index (χ3v) is 3.79. The molecular formula is C20H32N2O4. The van der Waals surface area contributed by atoms with Crippen molar-refractivity contribution in [3.8, 4) is 0 Å². The van der Waals surface area contributed by atoms with Crippen molar-refractivity contribution in [3.63, 3.8) is 0 Å². The minimum Gasteiger partial charge on any atom is -0.450 e. The van der Waals surface area contributed by atoms with Gasteiger partial charge in [0.05, 0.1) is 6.61 Å². The molecule has 0 aliphatic carbocycles. The second-order valence-electron chi connectivity index (χ2n) is 7.14. The van der Waals surface area contributed by atoms with Crippen LogP contribution < -0.4 is 10.6 Å². The van der Waals surface area contributed by atoms with E-state index in [9.17, 15) is 9.59 Å². The fourth-order valence-electron chi connectivity index (χ4n) is 2.58. The number of rotatable bonds is 8. The van der Waals surface area contributed by atoms with Gasteiger partial charge in [-0.3, -0.25) is 5.32 Å². The number of hydrogen-bond acceptors (Lipinski definition) is 4. The molecule has 0 saturated carbocycles. The van der Waals surface area contributed by atoms with Gasteiger partial charge in [-0.25, -0.2) is 9.59 Å². The third kappa shape index (κ3) is 8.74. The van der Waals surface area contributed by atoms with Crippen LogP contribution in [0.25, 0.3) is 0 Å². The highest BCUT2D eigenvalue weighted by Crippen LogP contribution is 2.25. The van der Waals surface area contributed by atoms with Crippen molar-refractivity contribution in [1.82, 2.24) is 5.32 Å². The number of carbonyl (C=O) groups excluding carboxylic acids is 2. The fraction of sp³-hybridized carbons (Fsp3) is 0.600. The molecule has 0 fully saturated rings. The summed E-state index contributed by atoms with van der Waals surface area (Å²) in [5.74, 6) is 0.409. The van der Waals surface area contributed by atoms with Crippen molar-refractivity contribution in [2.45, 2.75) is 65.4 Å². The molecule has 6 heteroatoms. The van der Waals surface area contributed by atoms with Gasteiger partial charge in [-0.2, -0.15) is 0 Å². The predicted octanol–water partition coefficient (Wildman–Crippen LogP) is 5.05. The fourth-order valence-corrected chi connectivity index (χ4v) is 2.58. The molecule has 26 heavy (non-hydrogen) atoms. The Hall–Kier alpha value is -2.24. The second kappa shape index (κ2) is 10.7. The first-order valence-electron chi connectivity index (χ1n) is 9.25.